The van der Waals surface area contributed by atoms with Crippen LogP contribution in [0.2, 0.25) is 19.6 Å². The van der Waals surface area contributed by atoms with E-state index in [2.05, 4.69) is 51.7 Å². The minimum atomic E-state index is -1.94. The van der Waals surface area contributed by atoms with E-state index in [1.54, 1.807) is 7.11 Å². The van der Waals surface area contributed by atoms with Crippen LogP contribution in [0.4, 0.5) is 0 Å². The van der Waals surface area contributed by atoms with Gasteiger partial charge in [-0.2, -0.15) is 5.26 Å². The molecule has 2 atom stereocenters. The Bertz CT molecular complexity index is 852. The van der Waals surface area contributed by atoms with Gasteiger partial charge < -0.3 is 13.9 Å². The van der Waals surface area contributed by atoms with Gasteiger partial charge in [-0.05, 0) is 56.7 Å². The zero-order valence-corrected chi connectivity index (χ0v) is 17.9. The Balaban J connectivity index is 2.17. The van der Waals surface area contributed by atoms with Crippen LogP contribution in [0.3, 0.4) is 0 Å². The first-order chi connectivity index (χ1) is 12.6. The van der Waals surface area contributed by atoms with E-state index in [9.17, 15) is 0 Å². The highest BCUT2D eigenvalue weighted by Gasteiger charge is 2.75. The summed E-state index contributed by atoms with van der Waals surface area (Å²) >= 11 is 0. The van der Waals surface area contributed by atoms with Crippen molar-refractivity contribution in [3.63, 3.8) is 0 Å². The minimum Gasteiger partial charge on any atom is -0.369 e. The molecule has 2 aromatic carbocycles. The van der Waals surface area contributed by atoms with Crippen molar-refractivity contribution in [2.75, 3.05) is 7.11 Å². The molecule has 5 heteroatoms. The highest BCUT2D eigenvalue weighted by Crippen LogP contribution is 2.66. The van der Waals surface area contributed by atoms with Gasteiger partial charge in [0.25, 0.3) is 5.97 Å². The Labute approximate surface area is 162 Å². The summed E-state index contributed by atoms with van der Waals surface area (Å²) in [5, 5.41) is 9.15. The molecule has 0 spiro atoms. The highest BCUT2D eigenvalue weighted by molar-refractivity contribution is 6.69. The average Bonchev–Trinajstić information content (AvgIpc) is 2.64. The van der Waals surface area contributed by atoms with E-state index in [0.29, 0.717) is 5.56 Å². The summed E-state index contributed by atoms with van der Waals surface area (Å²) < 4.78 is 18.9. The third kappa shape index (κ3) is 2.93. The van der Waals surface area contributed by atoms with Gasteiger partial charge in [-0.3, -0.25) is 0 Å². The molecule has 3 rings (SSSR count). The van der Waals surface area contributed by atoms with Crippen LogP contribution in [-0.4, -0.2) is 21.4 Å². The normalized spacial score (nSPS) is 26.9. The predicted octanol–water partition coefficient (Wildman–Crippen LogP) is 5.01. The van der Waals surface area contributed by atoms with Crippen molar-refractivity contribution in [1.29, 1.82) is 5.26 Å². The van der Waals surface area contributed by atoms with Crippen molar-refractivity contribution in [3.05, 3.63) is 71.3 Å². The third-order valence-corrected chi connectivity index (χ3v) is 6.12. The molecule has 4 nitrogen and oxygen atoms in total. The first-order valence-corrected chi connectivity index (χ1v) is 12.5. The second kappa shape index (κ2) is 6.57. The Kier molecular flexibility index (Phi) is 4.81. The number of rotatable bonds is 5. The van der Waals surface area contributed by atoms with Crippen LogP contribution >= 0.6 is 0 Å². The number of nitriles is 1. The molecule has 1 heterocycles. The molecule has 0 bridgehead atoms. The molecule has 2 aromatic rings. The van der Waals surface area contributed by atoms with E-state index in [0.717, 1.165) is 11.1 Å². The quantitative estimate of drug-likeness (QED) is 0.540. The van der Waals surface area contributed by atoms with Gasteiger partial charge in [0.05, 0.1) is 17.0 Å². The molecule has 142 valence electrons. The molecule has 27 heavy (non-hydrogen) atoms. The van der Waals surface area contributed by atoms with Crippen molar-refractivity contribution in [1.82, 2.24) is 0 Å². The Hall–Kier alpha value is -1.97. The second-order valence-corrected chi connectivity index (χ2v) is 12.9. The second-order valence-electron chi connectivity index (χ2n) is 8.44. The zero-order chi connectivity index (χ0) is 19.9. The molecule has 0 aromatic heterocycles. The van der Waals surface area contributed by atoms with Gasteiger partial charge in [0.1, 0.15) is 5.60 Å². The molecule has 0 aliphatic carbocycles. The summed E-state index contributed by atoms with van der Waals surface area (Å²) in [6, 6.07) is 19.9. The van der Waals surface area contributed by atoms with Gasteiger partial charge in [-0.1, -0.05) is 42.5 Å². The third-order valence-electron chi connectivity index (χ3n) is 5.24. The van der Waals surface area contributed by atoms with E-state index >= 15 is 0 Å². The lowest BCUT2D eigenvalue weighted by Crippen LogP contribution is -2.76. The molecular formula is C22H27NO3Si. The molecule has 2 unspecified atom stereocenters. The van der Waals surface area contributed by atoms with Crippen LogP contribution in [-0.2, 0) is 19.5 Å². The standard InChI is InChI=1S/C22H27NO3Si/c1-20(2)21(18-10-8-7-9-11-18,19-14-12-17(16-23)13-15-19)25-22(20,24-3)26-27(4,5)6/h7-15H,1-6H3. The zero-order valence-electron chi connectivity index (χ0n) is 16.9. The first-order valence-electron chi connectivity index (χ1n) is 9.13. The van der Waals surface area contributed by atoms with Crippen LogP contribution in [0.1, 0.15) is 30.5 Å². The number of hydrogen-bond acceptors (Lipinski definition) is 4. The van der Waals surface area contributed by atoms with E-state index < -0.39 is 25.3 Å². The van der Waals surface area contributed by atoms with E-state index in [-0.39, 0.29) is 0 Å². The van der Waals surface area contributed by atoms with Gasteiger partial charge in [-0.25, -0.2) is 0 Å². The Morgan fingerprint density at radius 1 is 0.926 bits per heavy atom. The maximum Gasteiger partial charge on any atom is 0.283 e. The molecule has 1 aliphatic rings. The fourth-order valence-electron chi connectivity index (χ4n) is 3.97. The summed E-state index contributed by atoms with van der Waals surface area (Å²) in [7, 11) is -0.310. The molecule has 1 fully saturated rings. The molecule has 0 amide bonds. The lowest BCUT2D eigenvalue weighted by Gasteiger charge is -2.67. The molecule has 0 N–H and O–H groups in total. The topological polar surface area (TPSA) is 51.5 Å². The number of ether oxygens (including phenoxy) is 2. The summed E-state index contributed by atoms with van der Waals surface area (Å²) in [5.74, 6) is -1.12. The van der Waals surface area contributed by atoms with Gasteiger partial charge in [0, 0.05) is 7.11 Å². The lowest BCUT2D eigenvalue weighted by molar-refractivity contribution is -0.526. The number of hydrogen-bond donors (Lipinski definition) is 0. The summed E-state index contributed by atoms with van der Waals surface area (Å²) in [6.07, 6.45) is 0. The fourth-order valence-corrected chi connectivity index (χ4v) is 5.16. The van der Waals surface area contributed by atoms with Gasteiger partial charge >= 0.3 is 0 Å². The average molecular weight is 382 g/mol. The summed E-state index contributed by atoms with van der Waals surface area (Å²) in [4.78, 5) is 0. The minimum absolute atomic E-state index is 0.509. The SMILES string of the molecule is COC1(O[Si](C)(C)C)OC(c2ccccc2)(c2ccc(C#N)cc2)C1(C)C. The molecule has 1 aliphatic heterocycles. The summed E-state index contributed by atoms with van der Waals surface area (Å²) in [6.45, 7) is 10.6. The highest BCUT2D eigenvalue weighted by atomic mass is 28.4. The van der Waals surface area contributed by atoms with Crippen molar-refractivity contribution >= 4 is 8.32 Å². The smallest absolute Gasteiger partial charge is 0.283 e. The first kappa shape index (κ1) is 19.8. The van der Waals surface area contributed by atoms with Crippen molar-refractivity contribution < 1.29 is 13.9 Å². The largest absolute Gasteiger partial charge is 0.369 e. The molecule has 0 radical (unpaired) electrons. The molecule has 0 saturated carbocycles. The van der Waals surface area contributed by atoms with Crippen LogP contribution < -0.4 is 0 Å². The van der Waals surface area contributed by atoms with Crippen molar-refractivity contribution in [3.8, 4) is 6.07 Å². The van der Waals surface area contributed by atoms with E-state index in [1.165, 1.54) is 0 Å². The number of methoxy groups -OCH3 is 1. The Morgan fingerprint density at radius 2 is 1.48 bits per heavy atom. The van der Waals surface area contributed by atoms with Crippen molar-refractivity contribution in [2.45, 2.75) is 45.1 Å². The molecule has 1 saturated heterocycles. The van der Waals surface area contributed by atoms with Crippen LogP contribution in [0.5, 0.6) is 0 Å². The van der Waals surface area contributed by atoms with Gasteiger partial charge in [0.15, 0.2) is 8.32 Å². The van der Waals surface area contributed by atoms with E-state index in [4.69, 9.17) is 19.2 Å². The fraction of sp³-hybridized carbons (Fsp3) is 0.409. The molecular weight excluding hydrogens is 354 g/mol. The number of nitrogens with zero attached hydrogens (tertiary/aromatic N) is 1. The van der Waals surface area contributed by atoms with Crippen LogP contribution in [0, 0.1) is 16.7 Å². The van der Waals surface area contributed by atoms with Crippen LogP contribution in [0.15, 0.2) is 54.6 Å². The van der Waals surface area contributed by atoms with Gasteiger partial charge in [0.2, 0.25) is 0 Å². The maximum absolute atomic E-state index is 9.15. The number of benzene rings is 2. The lowest BCUT2D eigenvalue weighted by atomic mass is 9.60. The van der Waals surface area contributed by atoms with Gasteiger partial charge in [-0.15, -0.1) is 0 Å². The Morgan fingerprint density at radius 3 is 1.93 bits per heavy atom. The maximum atomic E-state index is 9.15. The monoisotopic (exact) mass is 381 g/mol. The van der Waals surface area contributed by atoms with E-state index in [1.807, 2.05) is 42.5 Å². The van der Waals surface area contributed by atoms with Crippen LogP contribution in [0.25, 0.3) is 0 Å². The predicted molar refractivity (Wildman–Crippen MR) is 107 cm³/mol. The summed E-state index contributed by atoms with van der Waals surface area (Å²) in [5.41, 5.74) is 1.38. The van der Waals surface area contributed by atoms with Crippen molar-refractivity contribution in [2.24, 2.45) is 5.41 Å².